The first-order valence-corrected chi connectivity index (χ1v) is 5.98. The molecule has 0 bridgehead atoms. The van der Waals surface area contributed by atoms with Crippen molar-refractivity contribution in [3.05, 3.63) is 23.9 Å². The van der Waals surface area contributed by atoms with Crippen LogP contribution in [0.25, 0.3) is 0 Å². The van der Waals surface area contributed by atoms with Crippen LogP contribution in [0.15, 0.2) is 23.4 Å². The molecular formula is C11H15NO3S. The Bertz CT molecular complexity index is 362. The van der Waals surface area contributed by atoms with Gasteiger partial charge in [-0.25, -0.2) is 9.78 Å². The maximum absolute atomic E-state index is 10.6. The smallest absolute Gasteiger partial charge is 0.337 e. The third-order valence-corrected chi connectivity index (χ3v) is 3.58. The lowest BCUT2D eigenvalue weighted by Crippen LogP contribution is -2.25. The van der Waals surface area contributed by atoms with Crippen LogP contribution in [0, 0.1) is 0 Å². The van der Waals surface area contributed by atoms with Crippen molar-refractivity contribution in [2.45, 2.75) is 30.9 Å². The first-order chi connectivity index (χ1) is 7.44. The quantitative estimate of drug-likeness (QED) is 0.772. The van der Waals surface area contributed by atoms with Gasteiger partial charge in [0.05, 0.1) is 16.2 Å². The van der Waals surface area contributed by atoms with Crippen molar-refractivity contribution in [1.82, 2.24) is 4.98 Å². The van der Waals surface area contributed by atoms with E-state index in [-0.39, 0.29) is 5.56 Å². The molecule has 0 aliphatic heterocycles. The first-order valence-electron chi connectivity index (χ1n) is 4.99. The molecular weight excluding hydrogens is 226 g/mol. The highest BCUT2D eigenvalue weighted by Gasteiger charge is 2.17. The Balaban J connectivity index is 2.59. The van der Waals surface area contributed by atoms with Gasteiger partial charge in [-0.1, -0.05) is 6.92 Å². The van der Waals surface area contributed by atoms with Gasteiger partial charge in [-0.2, -0.15) is 0 Å². The Labute approximate surface area is 98.7 Å². The Morgan fingerprint density at radius 1 is 1.56 bits per heavy atom. The number of rotatable bonds is 5. The fraction of sp³-hybridized carbons (Fsp3) is 0.455. The van der Waals surface area contributed by atoms with Gasteiger partial charge < -0.3 is 10.2 Å². The largest absolute Gasteiger partial charge is 0.478 e. The van der Waals surface area contributed by atoms with E-state index in [1.807, 2.05) is 6.92 Å². The van der Waals surface area contributed by atoms with Crippen molar-refractivity contribution < 1.29 is 15.0 Å². The molecule has 0 aromatic carbocycles. The fourth-order valence-electron chi connectivity index (χ4n) is 0.924. The van der Waals surface area contributed by atoms with Crippen LogP contribution in [-0.2, 0) is 0 Å². The monoisotopic (exact) mass is 241 g/mol. The lowest BCUT2D eigenvalue weighted by Gasteiger charge is -2.19. The number of carboxylic acid groups (broad SMARTS) is 1. The second kappa shape index (κ2) is 5.32. The second-order valence-corrected chi connectivity index (χ2v) is 4.83. The van der Waals surface area contributed by atoms with Crippen molar-refractivity contribution in [3.8, 4) is 0 Å². The number of hydrogen-bond donors (Lipinski definition) is 2. The predicted molar refractivity (Wildman–Crippen MR) is 62.8 cm³/mol. The lowest BCUT2D eigenvalue weighted by atomic mass is 10.1. The van der Waals surface area contributed by atoms with E-state index in [0.29, 0.717) is 12.2 Å². The van der Waals surface area contributed by atoms with Gasteiger partial charge in [0, 0.05) is 11.9 Å². The van der Waals surface area contributed by atoms with Crippen LogP contribution in [0.1, 0.15) is 30.6 Å². The highest BCUT2D eigenvalue weighted by molar-refractivity contribution is 7.99. The molecule has 1 aromatic rings. The van der Waals surface area contributed by atoms with Crippen LogP contribution in [0.3, 0.4) is 0 Å². The third kappa shape index (κ3) is 3.83. The maximum atomic E-state index is 10.6. The van der Waals surface area contributed by atoms with E-state index in [9.17, 15) is 9.90 Å². The average Bonchev–Trinajstić information content (AvgIpc) is 2.27. The number of aromatic nitrogens is 1. The highest BCUT2D eigenvalue weighted by atomic mass is 32.2. The Hall–Kier alpha value is -1.07. The molecule has 0 saturated heterocycles. The van der Waals surface area contributed by atoms with Crippen LogP contribution in [0.5, 0.6) is 0 Å². The van der Waals surface area contributed by atoms with E-state index in [0.717, 1.165) is 5.03 Å². The Morgan fingerprint density at radius 2 is 2.25 bits per heavy atom. The summed E-state index contributed by atoms with van der Waals surface area (Å²) in [6.07, 6.45) is 2.00. The summed E-state index contributed by atoms with van der Waals surface area (Å²) < 4.78 is 0. The fourth-order valence-corrected chi connectivity index (χ4v) is 1.88. The van der Waals surface area contributed by atoms with Crippen LogP contribution in [-0.4, -0.2) is 32.5 Å². The summed E-state index contributed by atoms with van der Waals surface area (Å²) in [6, 6.07) is 3.16. The number of hydrogen-bond acceptors (Lipinski definition) is 4. The SMILES string of the molecule is CCC(C)(O)CSc1ccc(C(=O)O)cn1. The van der Waals surface area contributed by atoms with Crippen molar-refractivity contribution in [2.75, 3.05) is 5.75 Å². The third-order valence-electron chi connectivity index (χ3n) is 2.28. The molecule has 1 unspecified atom stereocenters. The average molecular weight is 241 g/mol. The molecule has 0 aliphatic carbocycles. The number of pyridine rings is 1. The summed E-state index contributed by atoms with van der Waals surface area (Å²) in [5.74, 6) is -0.437. The molecule has 0 fully saturated rings. The minimum atomic E-state index is -0.982. The zero-order valence-corrected chi connectivity index (χ0v) is 10.1. The molecule has 2 N–H and O–H groups in total. The second-order valence-electron chi connectivity index (χ2n) is 3.83. The molecule has 0 radical (unpaired) electrons. The molecule has 16 heavy (non-hydrogen) atoms. The summed E-state index contributed by atoms with van der Waals surface area (Å²) in [5.41, 5.74) is -0.538. The number of thioether (sulfide) groups is 1. The van der Waals surface area contributed by atoms with Gasteiger partial charge in [0.15, 0.2) is 0 Å². The van der Waals surface area contributed by atoms with Gasteiger partial charge in [-0.3, -0.25) is 0 Å². The molecule has 0 amide bonds. The minimum Gasteiger partial charge on any atom is -0.478 e. The molecule has 88 valence electrons. The van der Waals surface area contributed by atoms with Crippen molar-refractivity contribution in [1.29, 1.82) is 0 Å². The predicted octanol–water partition coefficient (Wildman–Crippen LogP) is 2.03. The van der Waals surface area contributed by atoms with Crippen molar-refractivity contribution in [3.63, 3.8) is 0 Å². The Morgan fingerprint density at radius 3 is 2.69 bits per heavy atom. The van der Waals surface area contributed by atoms with E-state index in [1.54, 1.807) is 13.0 Å². The molecule has 4 nitrogen and oxygen atoms in total. The van der Waals surface area contributed by atoms with E-state index in [2.05, 4.69) is 4.98 Å². The summed E-state index contributed by atoms with van der Waals surface area (Å²) in [7, 11) is 0. The lowest BCUT2D eigenvalue weighted by molar-refractivity contribution is 0.0695. The molecule has 1 rings (SSSR count). The zero-order chi connectivity index (χ0) is 12.2. The van der Waals surface area contributed by atoms with E-state index in [4.69, 9.17) is 5.11 Å². The van der Waals surface area contributed by atoms with Gasteiger partial charge in [0.25, 0.3) is 0 Å². The van der Waals surface area contributed by atoms with E-state index in [1.165, 1.54) is 24.0 Å². The van der Waals surface area contributed by atoms with Crippen LogP contribution in [0.4, 0.5) is 0 Å². The number of nitrogens with zero attached hydrogens (tertiary/aromatic N) is 1. The van der Waals surface area contributed by atoms with Crippen LogP contribution < -0.4 is 0 Å². The Kier molecular flexibility index (Phi) is 4.32. The van der Waals surface area contributed by atoms with Gasteiger partial charge in [0.1, 0.15) is 0 Å². The summed E-state index contributed by atoms with van der Waals surface area (Å²) in [4.78, 5) is 14.6. The molecule has 5 heteroatoms. The number of carbonyl (C=O) groups is 1. The zero-order valence-electron chi connectivity index (χ0n) is 9.30. The normalized spacial score (nSPS) is 14.4. The first kappa shape index (κ1) is 13.0. The van der Waals surface area contributed by atoms with Gasteiger partial charge >= 0.3 is 5.97 Å². The summed E-state index contributed by atoms with van der Waals surface area (Å²) in [5, 5.41) is 19.2. The molecule has 0 spiro atoms. The highest BCUT2D eigenvalue weighted by Crippen LogP contribution is 2.22. The summed E-state index contributed by atoms with van der Waals surface area (Å²) >= 11 is 1.42. The molecule has 0 aliphatic rings. The van der Waals surface area contributed by atoms with Gasteiger partial charge in [-0.15, -0.1) is 11.8 Å². The van der Waals surface area contributed by atoms with E-state index >= 15 is 0 Å². The minimum absolute atomic E-state index is 0.173. The van der Waals surface area contributed by atoms with Crippen LogP contribution in [0.2, 0.25) is 0 Å². The maximum Gasteiger partial charge on any atom is 0.337 e. The van der Waals surface area contributed by atoms with E-state index < -0.39 is 11.6 Å². The number of carboxylic acids is 1. The molecule has 1 aromatic heterocycles. The molecule has 1 atom stereocenters. The number of aliphatic hydroxyl groups is 1. The standard InChI is InChI=1S/C11H15NO3S/c1-3-11(2,15)7-16-9-5-4-8(6-12-9)10(13)14/h4-6,15H,3,7H2,1-2H3,(H,13,14). The van der Waals surface area contributed by atoms with Crippen LogP contribution >= 0.6 is 11.8 Å². The van der Waals surface area contributed by atoms with Crippen molar-refractivity contribution >= 4 is 17.7 Å². The number of aromatic carboxylic acids is 1. The van der Waals surface area contributed by atoms with Gasteiger partial charge in [0.2, 0.25) is 0 Å². The van der Waals surface area contributed by atoms with Crippen molar-refractivity contribution in [2.24, 2.45) is 0 Å². The topological polar surface area (TPSA) is 70.4 Å². The van der Waals surface area contributed by atoms with Gasteiger partial charge in [-0.05, 0) is 25.5 Å². The summed E-state index contributed by atoms with van der Waals surface area (Å²) in [6.45, 7) is 3.69. The molecule has 0 saturated carbocycles. The molecule has 1 heterocycles.